The van der Waals surface area contributed by atoms with Gasteiger partial charge in [0.1, 0.15) is 12.7 Å². The molecule has 0 aliphatic carbocycles. The van der Waals surface area contributed by atoms with Crippen molar-refractivity contribution in [3.8, 4) is 10.6 Å². The highest BCUT2D eigenvalue weighted by Gasteiger charge is 2.53. The first kappa shape index (κ1) is 30.8. The van der Waals surface area contributed by atoms with Gasteiger partial charge in [0, 0.05) is 45.7 Å². The smallest absolute Gasteiger partial charge is 0.303 e. The number of carbonyl (C=O) groups is 4. The minimum Gasteiger partial charge on any atom is -0.463 e. The van der Waals surface area contributed by atoms with E-state index in [9.17, 15) is 19.2 Å². The molecule has 0 saturated carbocycles. The summed E-state index contributed by atoms with van der Waals surface area (Å²) < 4.78 is 33.1. The van der Waals surface area contributed by atoms with Crippen molar-refractivity contribution >= 4 is 52.1 Å². The molecule has 0 bridgehead atoms. The van der Waals surface area contributed by atoms with Crippen LogP contribution in [0.15, 0.2) is 34.2 Å². The Balaban J connectivity index is 1.50. The van der Waals surface area contributed by atoms with E-state index in [-0.39, 0.29) is 24.3 Å². The summed E-state index contributed by atoms with van der Waals surface area (Å²) >= 11 is 2.19. The second-order valence-corrected chi connectivity index (χ2v) is 10.7. The van der Waals surface area contributed by atoms with E-state index in [1.165, 1.54) is 18.3 Å². The van der Waals surface area contributed by atoms with Gasteiger partial charge in [-0.05, 0) is 23.9 Å². The predicted octanol–water partition coefficient (Wildman–Crippen LogP) is 1.77. The molecule has 4 heterocycles. The van der Waals surface area contributed by atoms with Gasteiger partial charge in [-0.3, -0.25) is 24.2 Å². The number of thioether (sulfide) groups is 1. The first-order valence-electron chi connectivity index (χ1n) is 12.4. The molecule has 1 aliphatic rings. The second-order valence-electron chi connectivity index (χ2n) is 8.65. The van der Waals surface area contributed by atoms with Crippen LogP contribution in [-0.4, -0.2) is 85.7 Å². The second kappa shape index (κ2) is 14.1. The summed E-state index contributed by atoms with van der Waals surface area (Å²) in [5, 5.41) is 20.5. The number of rotatable bonds is 11. The average Bonchev–Trinajstić information content (AvgIpc) is 3.59. The van der Waals surface area contributed by atoms with E-state index in [1.54, 1.807) is 18.5 Å². The predicted molar refractivity (Wildman–Crippen MR) is 143 cm³/mol. The Bertz CT molecular complexity index is 1400. The Hall–Kier alpha value is -4.16. The van der Waals surface area contributed by atoms with Gasteiger partial charge in [-0.1, -0.05) is 11.3 Å². The molecule has 1 aliphatic heterocycles. The van der Waals surface area contributed by atoms with Crippen LogP contribution in [0.4, 0.5) is 5.13 Å². The number of anilines is 1. The van der Waals surface area contributed by atoms with Crippen LogP contribution in [0, 0.1) is 0 Å². The van der Waals surface area contributed by atoms with Crippen molar-refractivity contribution in [1.29, 1.82) is 0 Å². The highest BCUT2D eigenvalue weighted by atomic mass is 32.2. The van der Waals surface area contributed by atoms with Crippen LogP contribution >= 0.6 is 23.1 Å². The fourth-order valence-corrected chi connectivity index (χ4v) is 5.50. The molecule has 0 unspecified atom stereocenters. The summed E-state index contributed by atoms with van der Waals surface area (Å²) in [5.74, 6) is -2.60. The van der Waals surface area contributed by atoms with Crippen LogP contribution in [0.25, 0.3) is 10.6 Å². The first-order valence-corrected chi connectivity index (χ1v) is 14.1. The van der Waals surface area contributed by atoms with E-state index in [0.29, 0.717) is 10.1 Å². The highest BCUT2D eigenvalue weighted by molar-refractivity contribution is 7.99. The van der Waals surface area contributed by atoms with Gasteiger partial charge in [0.25, 0.3) is 5.22 Å². The molecule has 3 aromatic rings. The Morgan fingerprint density at radius 1 is 0.929 bits per heavy atom. The molecular formula is C24H26N6O10S2. The van der Waals surface area contributed by atoms with Crippen LogP contribution in [-0.2, 0) is 49.4 Å². The molecule has 1 saturated heterocycles. The minimum absolute atomic E-state index is 0.0287. The van der Waals surface area contributed by atoms with Gasteiger partial charge in [-0.25, -0.2) is 0 Å². The van der Waals surface area contributed by atoms with E-state index < -0.39 is 53.7 Å². The van der Waals surface area contributed by atoms with E-state index in [0.717, 1.165) is 38.1 Å². The third-order valence-electron chi connectivity index (χ3n) is 5.34. The Kier molecular flexibility index (Phi) is 10.4. The maximum absolute atomic E-state index is 12.0. The van der Waals surface area contributed by atoms with Crippen molar-refractivity contribution < 1.29 is 47.3 Å². The Labute approximate surface area is 246 Å². The lowest BCUT2D eigenvalue weighted by Crippen LogP contribution is -2.61. The monoisotopic (exact) mass is 622 g/mol. The summed E-state index contributed by atoms with van der Waals surface area (Å²) in [6.07, 6.45) is -1.59. The zero-order chi connectivity index (χ0) is 30.2. The molecule has 1 fully saturated rings. The molecule has 0 radical (unpaired) electrons. The van der Waals surface area contributed by atoms with Crippen molar-refractivity contribution in [3.05, 3.63) is 30.4 Å². The fourth-order valence-electron chi connectivity index (χ4n) is 3.79. The van der Waals surface area contributed by atoms with Crippen molar-refractivity contribution in [1.82, 2.24) is 25.4 Å². The summed E-state index contributed by atoms with van der Waals surface area (Å²) in [6, 6.07) is 3.67. The molecule has 0 amide bonds. The first-order chi connectivity index (χ1) is 20.1. The zero-order valence-corrected chi connectivity index (χ0v) is 24.4. The lowest BCUT2D eigenvalue weighted by Gasteiger charge is -2.43. The number of carbonyl (C=O) groups excluding carboxylic acids is 4. The average molecular weight is 623 g/mol. The van der Waals surface area contributed by atoms with E-state index in [4.69, 9.17) is 28.1 Å². The quantitative estimate of drug-likeness (QED) is 0.239. The summed E-state index contributed by atoms with van der Waals surface area (Å²) in [4.78, 5) is 51.4. The Morgan fingerprint density at radius 2 is 1.64 bits per heavy atom. The zero-order valence-electron chi connectivity index (χ0n) is 22.7. The van der Waals surface area contributed by atoms with Crippen molar-refractivity contribution in [2.24, 2.45) is 0 Å². The van der Waals surface area contributed by atoms with Crippen LogP contribution < -0.4 is 5.32 Å². The number of hydrogen-bond donors (Lipinski definition) is 1. The highest BCUT2D eigenvalue weighted by Crippen LogP contribution is 2.37. The largest absolute Gasteiger partial charge is 0.463 e. The fraction of sp³-hybridized carbons (Fsp3) is 0.458. The lowest BCUT2D eigenvalue weighted by atomic mass is 9.99. The third kappa shape index (κ3) is 8.43. The Morgan fingerprint density at radius 3 is 2.31 bits per heavy atom. The molecule has 0 aromatic carbocycles. The van der Waals surface area contributed by atoms with Crippen molar-refractivity contribution in [2.75, 3.05) is 11.9 Å². The van der Waals surface area contributed by atoms with Gasteiger partial charge in [0.2, 0.25) is 11.0 Å². The molecule has 1 N–H and O–H groups in total. The number of nitrogens with one attached hydrogen (secondary N) is 1. The molecule has 16 nitrogen and oxygen atoms in total. The van der Waals surface area contributed by atoms with E-state index >= 15 is 0 Å². The third-order valence-corrected chi connectivity index (χ3v) is 7.25. The lowest BCUT2D eigenvalue weighted by molar-refractivity contribution is -0.237. The minimum atomic E-state index is -1.31. The van der Waals surface area contributed by atoms with Gasteiger partial charge in [0.15, 0.2) is 28.8 Å². The number of nitrogens with zero attached hydrogens (tertiary/aromatic N) is 5. The van der Waals surface area contributed by atoms with Gasteiger partial charge in [-0.2, -0.15) is 0 Å². The van der Waals surface area contributed by atoms with Crippen LogP contribution in [0.1, 0.15) is 33.6 Å². The molecular weight excluding hydrogens is 596 g/mol. The number of esters is 4. The summed E-state index contributed by atoms with van der Waals surface area (Å²) in [7, 11) is 0. The number of hydrogen-bond acceptors (Lipinski definition) is 18. The maximum Gasteiger partial charge on any atom is 0.303 e. The number of aromatic nitrogens is 5. The standard InChI is InChI=1S/C24H26N6O10S2/c1-11(31)35-10-16-18(36-12(2)32)19(37-13(3)33)20(38-14(4)34)22(39-16)42-24-30-27-17(40-24)9-26-23-29-28-21(41-23)15-6-5-7-25-8-15/h5-8,16,18-20,22H,9-10H2,1-4H3,(H,26,29)/t16-,18-,19+,20-,22+/m1/s1. The van der Waals surface area contributed by atoms with Crippen molar-refractivity contribution in [2.45, 2.75) is 69.3 Å². The van der Waals surface area contributed by atoms with Crippen LogP contribution in [0.5, 0.6) is 0 Å². The summed E-state index contributed by atoms with van der Waals surface area (Å²) in [5.41, 5.74) is -0.276. The van der Waals surface area contributed by atoms with Crippen LogP contribution in [0.2, 0.25) is 0 Å². The maximum atomic E-state index is 12.0. The van der Waals surface area contributed by atoms with Gasteiger partial charge >= 0.3 is 23.9 Å². The molecule has 18 heteroatoms. The normalized spacial score (nSPS) is 21.7. The van der Waals surface area contributed by atoms with Crippen molar-refractivity contribution in [3.63, 3.8) is 0 Å². The van der Waals surface area contributed by atoms with E-state index in [1.807, 2.05) is 6.07 Å². The molecule has 3 aromatic heterocycles. The van der Waals surface area contributed by atoms with Gasteiger partial charge < -0.3 is 33.4 Å². The summed E-state index contributed by atoms with van der Waals surface area (Å²) in [6.45, 7) is 4.40. The van der Waals surface area contributed by atoms with Gasteiger partial charge in [0.05, 0.1) is 6.54 Å². The molecule has 224 valence electrons. The van der Waals surface area contributed by atoms with E-state index in [2.05, 4.69) is 30.7 Å². The molecule has 5 atom stereocenters. The number of ether oxygens (including phenoxy) is 5. The van der Waals surface area contributed by atoms with Crippen LogP contribution in [0.3, 0.4) is 0 Å². The molecule has 4 rings (SSSR count). The topological polar surface area (TPSA) is 204 Å². The van der Waals surface area contributed by atoms with Gasteiger partial charge in [-0.15, -0.1) is 20.4 Å². The molecule has 42 heavy (non-hydrogen) atoms. The SMILES string of the molecule is CC(=O)OC[C@H]1O[C@@H](Sc2nnc(CNc3nnc(-c4cccnc4)s3)o2)[C@H](OC(C)=O)[C@@H](OC(C)=O)[C@@H]1OC(C)=O. The molecule has 0 spiro atoms. The number of pyridine rings is 1.